The van der Waals surface area contributed by atoms with Gasteiger partial charge in [-0.15, -0.1) is 0 Å². The molecule has 1 unspecified atom stereocenters. The fourth-order valence-electron chi connectivity index (χ4n) is 1.21. The lowest BCUT2D eigenvalue weighted by Gasteiger charge is -2.09. The Balaban J connectivity index is 2.67. The minimum atomic E-state index is 0.208. The van der Waals surface area contributed by atoms with Crippen molar-refractivity contribution in [2.45, 2.75) is 24.9 Å². The van der Waals surface area contributed by atoms with E-state index in [1.54, 1.807) is 11.8 Å². The third kappa shape index (κ3) is 3.58. The number of nitriles is 1. The van der Waals surface area contributed by atoms with E-state index in [9.17, 15) is 0 Å². The normalized spacial score (nSPS) is 12.1. The topological polar surface area (TPSA) is 44.0 Å². The molecule has 3 heteroatoms. The molecule has 0 saturated carbocycles. The number of hydrogen-bond acceptors (Lipinski definition) is 3. The van der Waals surface area contributed by atoms with Crippen LogP contribution >= 0.6 is 11.8 Å². The van der Waals surface area contributed by atoms with Crippen molar-refractivity contribution in [2.75, 3.05) is 6.61 Å². The summed E-state index contributed by atoms with van der Waals surface area (Å²) in [5, 5.41) is 17.9. The summed E-state index contributed by atoms with van der Waals surface area (Å²) < 4.78 is 0. The first-order valence-corrected chi connectivity index (χ1v) is 5.94. The van der Waals surface area contributed by atoms with Crippen LogP contribution in [0.3, 0.4) is 0 Å². The first-order valence-electron chi connectivity index (χ1n) is 4.89. The predicted octanol–water partition coefficient (Wildman–Crippen LogP) is 2.48. The summed E-state index contributed by atoms with van der Waals surface area (Å²) in [6.07, 6.45) is 0. The Kier molecular flexibility index (Phi) is 4.67. The van der Waals surface area contributed by atoms with Crippen LogP contribution in [0.2, 0.25) is 0 Å². The van der Waals surface area contributed by atoms with Gasteiger partial charge < -0.3 is 5.11 Å². The molecule has 80 valence electrons. The maximum Gasteiger partial charge on any atom is 0.0991 e. The number of aliphatic hydroxyl groups is 1. The minimum absolute atomic E-state index is 0.208. The molecule has 0 aliphatic carbocycles. The fraction of sp³-hybridized carbons (Fsp3) is 0.417. The maximum atomic E-state index is 8.90. The van der Waals surface area contributed by atoms with Crippen LogP contribution in [0.5, 0.6) is 0 Å². The average molecular weight is 221 g/mol. The molecule has 1 atom stereocenters. The third-order valence-corrected chi connectivity index (χ3v) is 3.45. The summed E-state index contributed by atoms with van der Waals surface area (Å²) >= 11 is 1.72. The zero-order chi connectivity index (χ0) is 11.3. The predicted molar refractivity (Wildman–Crippen MR) is 63.7 cm³/mol. The van der Waals surface area contributed by atoms with Gasteiger partial charge >= 0.3 is 0 Å². The Morgan fingerprint density at radius 3 is 2.80 bits per heavy atom. The number of hydrogen-bond donors (Lipinski definition) is 1. The quantitative estimate of drug-likeness (QED) is 0.849. The minimum Gasteiger partial charge on any atom is -0.395 e. The second kappa shape index (κ2) is 5.79. The molecule has 2 nitrogen and oxygen atoms in total. The summed E-state index contributed by atoms with van der Waals surface area (Å²) in [5.74, 6) is 0.888. The lowest BCUT2D eigenvalue weighted by Crippen LogP contribution is -2.02. The number of nitrogens with zero attached hydrogens (tertiary/aromatic N) is 1. The Hall–Kier alpha value is -0.980. The molecule has 0 saturated heterocycles. The second-order valence-electron chi connectivity index (χ2n) is 3.56. The highest BCUT2D eigenvalue weighted by Crippen LogP contribution is 2.20. The van der Waals surface area contributed by atoms with Gasteiger partial charge in [-0.1, -0.05) is 13.0 Å². The molecule has 15 heavy (non-hydrogen) atoms. The van der Waals surface area contributed by atoms with E-state index >= 15 is 0 Å². The molecule has 0 spiro atoms. The van der Waals surface area contributed by atoms with E-state index in [-0.39, 0.29) is 11.9 Å². The maximum absolute atomic E-state index is 8.90. The van der Waals surface area contributed by atoms with E-state index in [0.717, 1.165) is 11.3 Å². The Labute approximate surface area is 94.9 Å². The van der Waals surface area contributed by atoms with E-state index in [1.807, 2.05) is 32.0 Å². The first kappa shape index (κ1) is 12.1. The van der Waals surface area contributed by atoms with Crippen LogP contribution in [0.15, 0.2) is 18.2 Å². The zero-order valence-electron chi connectivity index (χ0n) is 9.03. The smallest absolute Gasteiger partial charge is 0.0991 e. The first-order chi connectivity index (χ1) is 7.17. The number of benzene rings is 1. The van der Waals surface area contributed by atoms with Crippen LogP contribution in [-0.2, 0) is 5.75 Å². The summed E-state index contributed by atoms with van der Waals surface area (Å²) in [6.45, 7) is 4.23. The van der Waals surface area contributed by atoms with Crippen molar-refractivity contribution >= 4 is 11.8 Å². The molecule has 0 bridgehead atoms. The van der Waals surface area contributed by atoms with Crippen molar-refractivity contribution in [3.05, 3.63) is 34.9 Å². The molecular formula is C12H15NOS. The lowest BCUT2D eigenvalue weighted by molar-refractivity contribution is 0.300. The van der Waals surface area contributed by atoms with Gasteiger partial charge in [-0.25, -0.2) is 0 Å². The lowest BCUT2D eigenvalue weighted by atomic mass is 10.1. The summed E-state index contributed by atoms with van der Waals surface area (Å²) in [4.78, 5) is 0. The van der Waals surface area contributed by atoms with Gasteiger partial charge in [-0.2, -0.15) is 17.0 Å². The number of thioether (sulfide) groups is 1. The van der Waals surface area contributed by atoms with Crippen molar-refractivity contribution < 1.29 is 5.11 Å². The van der Waals surface area contributed by atoms with Crippen molar-refractivity contribution in [1.82, 2.24) is 0 Å². The van der Waals surface area contributed by atoms with E-state index in [2.05, 4.69) is 6.07 Å². The Morgan fingerprint density at radius 1 is 1.53 bits per heavy atom. The van der Waals surface area contributed by atoms with Gasteiger partial charge in [0.05, 0.1) is 18.2 Å². The van der Waals surface area contributed by atoms with Crippen molar-refractivity contribution in [3.8, 4) is 6.07 Å². The molecule has 0 aliphatic heterocycles. The van der Waals surface area contributed by atoms with Gasteiger partial charge in [-0.05, 0) is 30.2 Å². The van der Waals surface area contributed by atoms with Crippen LogP contribution in [0.25, 0.3) is 0 Å². The fourth-order valence-corrected chi connectivity index (χ4v) is 2.11. The highest BCUT2D eigenvalue weighted by Gasteiger charge is 2.04. The van der Waals surface area contributed by atoms with Crippen LogP contribution in [0.4, 0.5) is 0 Å². The molecule has 0 aromatic heterocycles. The van der Waals surface area contributed by atoms with Gasteiger partial charge in [-0.3, -0.25) is 0 Å². The average Bonchev–Trinajstić information content (AvgIpc) is 2.26. The monoisotopic (exact) mass is 221 g/mol. The summed E-state index contributed by atoms with van der Waals surface area (Å²) in [5.41, 5.74) is 3.09. The van der Waals surface area contributed by atoms with Crippen molar-refractivity contribution in [3.63, 3.8) is 0 Å². The van der Waals surface area contributed by atoms with Crippen LogP contribution < -0.4 is 0 Å². The molecule has 1 N–H and O–H groups in total. The van der Waals surface area contributed by atoms with Crippen LogP contribution in [0, 0.1) is 18.3 Å². The van der Waals surface area contributed by atoms with Gasteiger partial charge in [0.15, 0.2) is 0 Å². The second-order valence-corrected chi connectivity index (χ2v) is 4.98. The van der Waals surface area contributed by atoms with Gasteiger partial charge in [0, 0.05) is 11.0 Å². The molecule has 0 radical (unpaired) electrons. The highest BCUT2D eigenvalue weighted by molar-refractivity contribution is 7.99. The summed E-state index contributed by atoms with van der Waals surface area (Å²) in [7, 11) is 0. The number of rotatable bonds is 4. The largest absolute Gasteiger partial charge is 0.395 e. The standard InChI is InChI=1S/C12H15NOS/c1-9-5-11(6-13)3-4-12(9)8-15-10(2)7-14/h3-5,10,14H,7-8H2,1-2H3. The van der Waals surface area contributed by atoms with Gasteiger partial charge in [0.2, 0.25) is 0 Å². The van der Waals surface area contributed by atoms with Crippen LogP contribution in [0.1, 0.15) is 23.6 Å². The number of aryl methyl sites for hydroxylation is 1. The van der Waals surface area contributed by atoms with Crippen molar-refractivity contribution in [2.24, 2.45) is 0 Å². The molecule has 0 fully saturated rings. The van der Waals surface area contributed by atoms with Gasteiger partial charge in [0.25, 0.3) is 0 Å². The highest BCUT2D eigenvalue weighted by atomic mass is 32.2. The molecule has 0 heterocycles. The van der Waals surface area contributed by atoms with E-state index in [0.29, 0.717) is 5.56 Å². The molecular weight excluding hydrogens is 206 g/mol. The SMILES string of the molecule is Cc1cc(C#N)ccc1CSC(C)CO. The number of aliphatic hydroxyl groups excluding tert-OH is 1. The molecule has 1 rings (SSSR count). The Morgan fingerprint density at radius 2 is 2.27 bits per heavy atom. The van der Waals surface area contributed by atoms with Crippen molar-refractivity contribution in [1.29, 1.82) is 5.26 Å². The summed E-state index contributed by atoms with van der Waals surface area (Å²) in [6, 6.07) is 7.86. The molecule has 1 aromatic rings. The Bertz CT molecular complexity index is 370. The molecule has 0 aliphatic rings. The van der Waals surface area contributed by atoms with E-state index < -0.39 is 0 Å². The third-order valence-electron chi connectivity index (χ3n) is 2.25. The zero-order valence-corrected chi connectivity index (χ0v) is 9.84. The van der Waals surface area contributed by atoms with Gasteiger partial charge in [0.1, 0.15) is 0 Å². The molecule has 0 amide bonds. The molecule has 1 aromatic carbocycles. The van der Waals surface area contributed by atoms with E-state index in [4.69, 9.17) is 10.4 Å². The van der Waals surface area contributed by atoms with Crippen LogP contribution in [-0.4, -0.2) is 17.0 Å². The van der Waals surface area contributed by atoms with E-state index in [1.165, 1.54) is 5.56 Å².